The number of halogens is 2. The maximum atomic E-state index is 13.4. The summed E-state index contributed by atoms with van der Waals surface area (Å²) in [5.41, 5.74) is 0. The van der Waals surface area contributed by atoms with Crippen molar-refractivity contribution in [3.05, 3.63) is 0 Å². The van der Waals surface area contributed by atoms with Crippen LogP contribution >= 0.6 is 15.9 Å². The van der Waals surface area contributed by atoms with Crippen molar-refractivity contribution in [1.29, 1.82) is 0 Å². The van der Waals surface area contributed by atoms with Crippen molar-refractivity contribution in [2.45, 2.75) is 37.7 Å². The van der Waals surface area contributed by atoms with Gasteiger partial charge in [0, 0.05) is 0 Å². The van der Waals surface area contributed by atoms with Crippen LogP contribution in [0.3, 0.4) is 0 Å². The van der Waals surface area contributed by atoms with E-state index in [9.17, 15) is 14.0 Å². The standard InChI is InChI=1S/C10H16BrFO4/c1-3-5-15-9(13)7(11)8(12)10(14)16-6-4-2/h7-8H,3-6H2,1-2H3/t7-,8+/m0/s1. The highest BCUT2D eigenvalue weighted by molar-refractivity contribution is 9.10. The van der Waals surface area contributed by atoms with Crippen molar-refractivity contribution in [2.75, 3.05) is 13.2 Å². The van der Waals surface area contributed by atoms with E-state index in [0.29, 0.717) is 12.8 Å². The fourth-order valence-corrected chi connectivity index (χ4v) is 1.15. The number of hydrogen-bond acceptors (Lipinski definition) is 4. The first-order valence-corrected chi connectivity index (χ1v) is 6.07. The third kappa shape index (κ3) is 5.44. The molecule has 0 aliphatic carbocycles. The molecule has 0 fully saturated rings. The summed E-state index contributed by atoms with van der Waals surface area (Å²) in [6, 6.07) is 0. The molecule has 0 radical (unpaired) electrons. The van der Waals surface area contributed by atoms with Gasteiger partial charge in [0.25, 0.3) is 0 Å². The highest BCUT2D eigenvalue weighted by Crippen LogP contribution is 2.13. The van der Waals surface area contributed by atoms with E-state index in [-0.39, 0.29) is 13.2 Å². The Kier molecular flexibility index (Phi) is 8.15. The Morgan fingerprint density at radius 2 is 1.56 bits per heavy atom. The zero-order valence-electron chi connectivity index (χ0n) is 9.37. The van der Waals surface area contributed by atoms with Crippen molar-refractivity contribution in [2.24, 2.45) is 0 Å². The van der Waals surface area contributed by atoms with Crippen LogP contribution in [0, 0.1) is 0 Å². The molecule has 4 nitrogen and oxygen atoms in total. The van der Waals surface area contributed by atoms with E-state index >= 15 is 0 Å². The third-order valence-corrected chi connectivity index (χ3v) is 2.44. The van der Waals surface area contributed by atoms with Crippen molar-refractivity contribution < 1.29 is 23.5 Å². The van der Waals surface area contributed by atoms with E-state index in [4.69, 9.17) is 4.74 Å². The number of carbonyl (C=O) groups excluding carboxylic acids is 2. The van der Waals surface area contributed by atoms with Crippen LogP contribution in [0.15, 0.2) is 0 Å². The van der Waals surface area contributed by atoms with E-state index < -0.39 is 22.9 Å². The lowest BCUT2D eigenvalue weighted by Gasteiger charge is -2.13. The molecule has 0 unspecified atom stereocenters. The topological polar surface area (TPSA) is 52.6 Å². The van der Waals surface area contributed by atoms with Gasteiger partial charge in [-0.05, 0) is 12.8 Å². The molecule has 0 N–H and O–H groups in total. The molecule has 0 aliphatic heterocycles. The lowest BCUT2D eigenvalue weighted by Crippen LogP contribution is -2.35. The molecule has 0 saturated carbocycles. The maximum Gasteiger partial charge on any atom is 0.342 e. The number of rotatable bonds is 7. The van der Waals surface area contributed by atoms with Gasteiger partial charge in [0.05, 0.1) is 13.2 Å². The van der Waals surface area contributed by atoms with Crippen LogP contribution in [0.2, 0.25) is 0 Å². The molecular formula is C10H16BrFO4. The van der Waals surface area contributed by atoms with Crippen LogP contribution in [0.4, 0.5) is 4.39 Å². The van der Waals surface area contributed by atoms with E-state index in [1.54, 1.807) is 6.92 Å². The van der Waals surface area contributed by atoms with Crippen molar-refractivity contribution in [3.8, 4) is 0 Å². The molecule has 0 spiro atoms. The Balaban J connectivity index is 4.09. The van der Waals surface area contributed by atoms with Crippen LogP contribution < -0.4 is 0 Å². The summed E-state index contributed by atoms with van der Waals surface area (Å²) in [6.07, 6.45) is -0.787. The molecule has 0 bridgehead atoms. The molecule has 0 saturated heterocycles. The number of hydrogen-bond donors (Lipinski definition) is 0. The van der Waals surface area contributed by atoms with Gasteiger partial charge in [0.15, 0.2) is 4.83 Å². The molecular weight excluding hydrogens is 283 g/mol. The van der Waals surface area contributed by atoms with Crippen molar-refractivity contribution >= 4 is 27.9 Å². The average molecular weight is 299 g/mol. The Hall–Kier alpha value is -0.650. The highest BCUT2D eigenvalue weighted by Gasteiger charge is 2.34. The Morgan fingerprint density at radius 1 is 1.12 bits per heavy atom. The summed E-state index contributed by atoms with van der Waals surface area (Å²) in [7, 11) is 0. The predicted molar refractivity (Wildman–Crippen MR) is 60.1 cm³/mol. The molecule has 0 amide bonds. The van der Waals surface area contributed by atoms with Gasteiger partial charge in [-0.1, -0.05) is 29.8 Å². The SMILES string of the molecule is CCCOC(=O)[C@@H](Br)[C@@H](F)C(=O)OCCC. The summed E-state index contributed by atoms with van der Waals surface area (Å²) >= 11 is 2.78. The maximum absolute atomic E-state index is 13.4. The minimum Gasteiger partial charge on any atom is -0.465 e. The lowest BCUT2D eigenvalue weighted by atomic mass is 10.3. The minimum absolute atomic E-state index is 0.142. The van der Waals surface area contributed by atoms with Crippen molar-refractivity contribution in [1.82, 2.24) is 0 Å². The van der Waals surface area contributed by atoms with E-state index in [0.717, 1.165) is 0 Å². The second-order valence-electron chi connectivity index (χ2n) is 3.14. The zero-order chi connectivity index (χ0) is 12.6. The Morgan fingerprint density at radius 3 is 2.00 bits per heavy atom. The minimum atomic E-state index is -2.03. The quantitative estimate of drug-likeness (QED) is 0.533. The van der Waals surface area contributed by atoms with E-state index in [1.165, 1.54) is 0 Å². The van der Waals surface area contributed by atoms with Gasteiger partial charge in [-0.2, -0.15) is 0 Å². The second kappa shape index (κ2) is 8.50. The molecule has 0 aliphatic rings. The Bertz CT molecular complexity index is 211. The largest absolute Gasteiger partial charge is 0.465 e. The van der Waals surface area contributed by atoms with Crippen molar-refractivity contribution in [3.63, 3.8) is 0 Å². The normalized spacial score (nSPS) is 14.0. The van der Waals surface area contributed by atoms with E-state index in [2.05, 4.69) is 20.7 Å². The van der Waals surface area contributed by atoms with Gasteiger partial charge >= 0.3 is 11.9 Å². The second-order valence-corrected chi connectivity index (χ2v) is 4.13. The molecule has 0 aromatic carbocycles. The van der Waals surface area contributed by atoms with Gasteiger partial charge in [-0.3, -0.25) is 4.79 Å². The molecule has 0 aromatic heterocycles. The smallest absolute Gasteiger partial charge is 0.342 e. The van der Waals surface area contributed by atoms with Gasteiger partial charge < -0.3 is 9.47 Å². The fraction of sp³-hybridized carbons (Fsp3) is 0.800. The molecule has 6 heteroatoms. The molecule has 2 atom stereocenters. The van der Waals surface area contributed by atoms with Crippen LogP contribution in [0.25, 0.3) is 0 Å². The van der Waals surface area contributed by atoms with E-state index in [1.807, 2.05) is 6.92 Å². The van der Waals surface area contributed by atoms with Gasteiger partial charge in [-0.25, -0.2) is 9.18 Å². The molecule has 0 aromatic rings. The first-order chi connectivity index (χ1) is 7.54. The Labute approximate surface area is 103 Å². The van der Waals surface area contributed by atoms with Gasteiger partial charge in [-0.15, -0.1) is 0 Å². The van der Waals surface area contributed by atoms with Crippen LogP contribution in [-0.2, 0) is 19.1 Å². The molecule has 0 heterocycles. The predicted octanol–water partition coefficient (Wildman–Crippen LogP) is 1.99. The summed E-state index contributed by atoms with van der Waals surface area (Å²) in [5, 5.41) is 0. The summed E-state index contributed by atoms with van der Waals surface area (Å²) in [6.45, 7) is 3.96. The van der Waals surface area contributed by atoms with Crippen LogP contribution in [0.5, 0.6) is 0 Å². The first kappa shape index (κ1) is 15.3. The lowest BCUT2D eigenvalue weighted by molar-refractivity contribution is -0.155. The summed E-state index contributed by atoms with van der Waals surface area (Å²) in [4.78, 5) is 21.0. The highest BCUT2D eigenvalue weighted by atomic mass is 79.9. The van der Waals surface area contributed by atoms with Crippen LogP contribution in [0.1, 0.15) is 26.7 Å². The number of ether oxygens (including phenoxy) is 2. The zero-order valence-corrected chi connectivity index (χ0v) is 11.0. The number of esters is 2. The monoisotopic (exact) mass is 298 g/mol. The van der Waals surface area contributed by atoms with Gasteiger partial charge in [0.2, 0.25) is 6.17 Å². The average Bonchev–Trinajstić information content (AvgIpc) is 2.30. The summed E-state index contributed by atoms with van der Waals surface area (Å²) in [5.74, 6) is -1.83. The first-order valence-electron chi connectivity index (χ1n) is 5.16. The third-order valence-electron chi connectivity index (χ3n) is 1.60. The molecule has 94 valence electrons. The summed E-state index contributed by atoms with van der Waals surface area (Å²) < 4.78 is 22.6. The molecule has 0 rings (SSSR count). The fourth-order valence-electron chi connectivity index (χ4n) is 0.803. The van der Waals surface area contributed by atoms with Gasteiger partial charge in [0.1, 0.15) is 0 Å². The van der Waals surface area contributed by atoms with Crippen LogP contribution in [-0.4, -0.2) is 36.2 Å². The molecule has 16 heavy (non-hydrogen) atoms. The number of alkyl halides is 2. The number of carbonyl (C=O) groups is 2.